The molecule has 1 saturated carbocycles. The molecule has 2 heterocycles. The predicted molar refractivity (Wildman–Crippen MR) is 130 cm³/mol. The lowest BCUT2D eigenvalue weighted by Gasteiger charge is -2.43. The van der Waals surface area contributed by atoms with Crippen molar-refractivity contribution in [1.82, 2.24) is 0 Å². The molecule has 0 aromatic heterocycles. The zero-order valence-electron chi connectivity index (χ0n) is 20.3. The Kier molecular flexibility index (Phi) is 9.36. The third-order valence-electron chi connectivity index (χ3n) is 6.82. The highest BCUT2D eigenvalue weighted by atomic mass is 28.5. The Morgan fingerprint density at radius 2 is 1.52 bits per heavy atom. The van der Waals surface area contributed by atoms with Crippen LogP contribution in [0.1, 0.15) is 32.1 Å². The first-order valence-corrected chi connectivity index (χ1v) is 22.8. The minimum atomic E-state index is -2.69. The Balaban J connectivity index is 1.61. The molecule has 13 heteroatoms. The SMILES string of the molecule is CO[Si](CC[Si]1(C)O[SiH](C)O[SiH](C)O[Si](C)(CCCC2CCC3OC3C2)O1)(OC)OC. The van der Waals surface area contributed by atoms with E-state index in [1.165, 1.54) is 25.7 Å². The Bertz CT molecular complexity index is 579. The number of fused-ring (bicyclic) bond motifs is 1. The van der Waals surface area contributed by atoms with Crippen molar-refractivity contribution in [2.45, 2.75) is 88.6 Å². The average molecular weight is 527 g/mol. The fraction of sp³-hybridized carbons (Fsp3) is 1.00. The molecule has 2 aliphatic heterocycles. The van der Waals surface area contributed by atoms with Crippen LogP contribution in [-0.4, -0.2) is 78.0 Å². The second-order valence-corrected chi connectivity index (χ2v) is 24.1. The molecule has 0 spiro atoms. The van der Waals surface area contributed by atoms with Gasteiger partial charge in [0.1, 0.15) is 0 Å². The molecule has 7 atom stereocenters. The molecule has 3 rings (SSSR count). The first-order valence-electron chi connectivity index (χ1n) is 11.7. The van der Waals surface area contributed by atoms with E-state index in [2.05, 4.69) is 26.2 Å². The van der Waals surface area contributed by atoms with Crippen molar-refractivity contribution in [2.24, 2.45) is 5.92 Å². The van der Waals surface area contributed by atoms with Gasteiger partial charge < -0.3 is 34.5 Å². The third kappa shape index (κ3) is 7.37. The largest absolute Gasteiger partial charge is 0.500 e. The second kappa shape index (κ2) is 11.0. The Labute approximate surface area is 194 Å². The van der Waals surface area contributed by atoms with Gasteiger partial charge in [-0.2, -0.15) is 0 Å². The maximum Gasteiger partial charge on any atom is 0.500 e. The minimum Gasteiger partial charge on any atom is -0.420 e. The van der Waals surface area contributed by atoms with E-state index in [-0.39, 0.29) is 0 Å². The van der Waals surface area contributed by atoms with Gasteiger partial charge >= 0.3 is 25.9 Å². The Morgan fingerprint density at radius 1 is 0.903 bits per heavy atom. The lowest BCUT2D eigenvalue weighted by molar-refractivity contribution is 0.124. The molecule has 0 bridgehead atoms. The van der Waals surface area contributed by atoms with Crippen molar-refractivity contribution in [3.05, 3.63) is 0 Å². The summed E-state index contributed by atoms with van der Waals surface area (Å²) in [6.45, 7) is 8.55. The number of epoxide rings is 1. The zero-order chi connectivity index (χ0) is 22.7. The van der Waals surface area contributed by atoms with Crippen molar-refractivity contribution >= 4 is 44.5 Å². The molecule has 2 saturated heterocycles. The van der Waals surface area contributed by atoms with Crippen molar-refractivity contribution in [3.63, 3.8) is 0 Å². The van der Waals surface area contributed by atoms with Gasteiger partial charge in [0.25, 0.3) is 18.6 Å². The molecule has 7 unspecified atom stereocenters. The van der Waals surface area contributed by atoms with E-state index in [0.29, 0.717) is 18.3 Å². The highest BCUT2D eigenvalue weighted by molar-refractivity contribution is 6.87. The van der Waals surface area contributed by atoms with Crippen LogP contribution in [0.25, 0.3) is 0 Å². The van der Waals surface area contributed by atoms with E-state index < -0.39 is 44.5 Å². The molecule has 3 aliphatic rings. The highest BCUT2D eigenvalue weighted by Crippen LogP contribution is 2.41. The molecule has 182 valence electrons. The summed E-state index contributed by atoms with van der Waals surface area (Å²) in [6.07, 6.45) is 7.25. The molecule has 0 N–H and O–H groups in total. The minimum absolute atomic E-state index is 0.545. The number of hydrogen-bond donors (Lipinski definition) is 0. The van der Waals surface area contributed by atoms with Gasteiger partial charge in [-0.3, -0.25) is 0 Å². The van der Waals surface area contributed by atoms with E-state index >= 15 is 0 Å². The molecule has 31 heavy (non-hydrogen) atoms. The average Bonchev–Trinajstić information content (AvgIpc) is 3.47. The smallest absolute Gasteiger partial charge is 0.420 e. The maximum absolute atomic E-state index is 6.91. The first-order chi connectivity index (χ1) is 14.6. The zero-order valence-corrected chi connectivity index (χ0v) is 25.6. The number of ether oxygens (including phenoxy) is 1. The molecule has 3 fully saturated rings. The van der Waals surface area contributed by atoms with Crippen LogP contribution in [0, 0.1) is 5.92 Å². The van der Waals surface area contributed by atoms with E-state index in [0.717, 1.165) is 24.4 Å². The summed E-state index contributed by atoms with van der Waals surface area (Å²) in [5, 5.41) is 0. The molecule has 0 aromatic carbocycles. The number of hydrogen-bond acceptors (Lipinski definition) is 8. The molecular formula is C18H42O8Si5. The van der Waals surface area contributed by atoms with Crippen LogP contribution in [-0.2, 0) is 34.5 Å². The van der Waals surface area contributed by atoms with Crippen LogP contribution >= 0.6 is 0 Å². The summed E-state index contributed by atoms with van der Waals surface area (Å²) in [6, 6.07) is 2.41. The fourth-order valence-electron chi connectivity index (χ4n) is 5.15. The maximum atomic E-state index is 6.91. The van der Waals surface area contributed by atoms with Crippen LogP contribution in [0.2, 0.25) is 44.3 Å². The fourth-order valence-corrected chi connectivity index (χ4v) is 26.0. The second-order valence-electron chi connectivity index (χ2n) is 9.46. The van der Waals surface area contributed by atoms with Gasteiger partial charge in [0, 0.05) is 27.4 Å². The Morgan fingerprint density at radius 3 is 2.10 bits per heavy atom. The normalized spacial score (nSPS) is 41.3. The molecular weight excluding hydrogens is 485 g/mol. The first kappa shape index (κ1) is 26.4. The van der Waals surface area contributed by atoms with Crippen LogP contribution in [0.4, 0.5) is 0 Å². The Hall–Kier alpha value is 0.764. The van der Waals surface area contributed by atoms with E-state index in [4.69, 9.17) is 34.5 Å². The van der Waals surface area contributed by atoms with Gasteiger partial charge in [-0.1, -0.05) is 12.8 Å². The van der Waals surface area contributed by atoms with Gasteiger partial charge in [0.15, 0.2) is 0 Å². The summed E-state index contributed by atoms with van der Waals surface area (Å²) < 4.78 is 48.9. The summed E-state index contributed by atoms with van der Waals surface area (Å²) >= 11 is 0. The van der Waals surface area contributed by atoms with E-state index in [1.54, 1.807) is 21.3 Å². The molecule has 0 aromatic rings. The van der Waals surface area contributed by atoms with Gasteiger partial charge in [-0.15, -0.1) is 0 Å². The van der Waals surface area contributed by atoms with E-state index in [9.17, 15) is 0 Å². The van der Waals surface area contributed by atoms with Crippen molar-refractivity contribution in [1.29, 1.82) is 0 Å². The van der Waals surface area contributed by atoms with Crippen LogP contribution in [0.5, 0.6) is 0 Å². The van der Waals surface area contributed by atoms with Gasteiger partial charge in [-0.05, 0) is 63.5 Å². The van der Waals surface area contributed by atoms with Crippen LogP contribution in [0.3, 0.4) is 0 Å². The summed E-state index contributed by atoms with van der Waals surface area (Å²) in [7, 11) is -6.22. The quantitative estimate of drug-likeness (QED) is 0.317. The van der Waals surface area contributed by atoms with Gasteiger partial charge in [0.05, 0.1) is 12.2 Å². The van der Waals surface area contributed by atoms with Crippen molar-refractivity contribution in [3.8, 4) is 0 Å². The van der Waals surface area contributed by atoms with Crippen LogP contribution < -0.4 is 0 Å². The number of rotatable bonds is 10. The summed E-state index contributed by atoms with van der Waals surface area (Å²) in [4.78, 5) is 0. The lowest BCUT2D eigenvalue weighted by atomic mass is 9.86. The molecule has 0 radical (unpaired) electrons. The lowest BCUT2D eigenvalue weighted by Crippen LogP contribution is -2.60. The van der Waals surface area contributed by atoms with Crippen LogP contribution in [0.15, 0.2) is 0 Å². The molecule has 0 amide bonds. The monoisotopic (exact) mass is 526 g/mol. The van der Waals surface area contributed by atoms with Gasteiger partial charge in [0.2, 0.25) is 0 Å². The third-order valence-corrected chi connectivity index (χ3v) is 25.6. The van der Waals surface area contributed by atoms with E-state index in [1.807, 2.05) is 0 Å². The topological polar surface area (TPSA) is 77.1 Å². The molecule has 8 nitrogen and oxygen atoms in total. The highest BCUT2D eigenvalue weighted by Gasteiger charge is 2.50. The summed E-state index contributed by atoms with van der Waals surface area (Å²) in [5.74, 6) is 0.782. The van der Waals surface area contributed by atoms with Gasteiger partial charge in [-0.25, -0.2) is 0 Å². The standard InChI is InChI=1S/C18H42O8Si5/c1-19-31(20-2,21-3)14-13-30(7)25-28(5)23-27(4)24-29(6,26-30)12-8-9-16-10-11-17-18(15-16)22-17/h16-18,27-28H,8-15H2,1-7H3. The molecule has 1 aliphatic carbocycles. The summed E-state index contributed by atoms with van der Waals surface area (Å²) in [5.41, 5.74) is 0. The van der Waals surface area contributed by atoms with Crippen molar-refractivity contribution < 1.29 is 34.5 Å². The van der Waals surface area contributed by atoms with Crippen molar-refractivity contribution in [2.75, 3.05) is 21.3 Å². The predicted octanol–water partition coefficient (Wildman–Crippen LogP) is 3.14.